The van der Waals surface area contributed by atoms with Crippen LogP contribution in [-0.2, 0) is 0 Å². The molecule has 0 saturated carbocycles. The Labute approximate surface area is 84.1 Å². The number of hydrogen-bond acceptors (Lipinski definition) is 0. The summed E-state index contributed by atoms with van der Waals surface area (Å²) < 4.78 is 0. The fourth-order valence-electron chi connectivity index (χ4n) is 0.769. The molecule has 0 amide bonds. The normalized spacial score (nSPS) is 11.4. The molecule has 0 nitrogen and oxygen atoms in total. The van der Waals surface area contributed by atoms with Gasteiger partial charge in [-0.2, -0.15) is 0 Å². The number of hydrogen-bond donors (Lipinski definition) is 0. The topological polar surface area (TPSA) is 0 Å². The van der Waals surface area contributed by atoms with Crippen LogP contribution in [0.5, 0.6) is 0 Å². The van der Waals surface area contributed by atoms with Gasteiger partial charge in [0.15, 0.2) is 0 Å². The van der Waals surface area contributed by atoms with Gasteiger partial charge in [-0.1, -0.05) is 65.0 Å². The quantitative estimate of drug-likeness (QED) is 0.550. The first-order chi connectivity index (χ1) is 6.13. The van der Waals surface area contributed by atoms with Crippen molar-refractivity contribution in [3.8, 4) is 0 Å². The highest BCUT2D eigenvalue weighted by atomic mass is 14.0. The van der Waals surface area contributed by atoms with E-state index in [1.807, 2.05) is 19.1 Å². The lowest BCUT2D eigenvalue weighted by molar-refractivity contribution is 0.791. The minimum atomic E-state index is 0.592. The molecule has 0 N–H and O–H groups in total. The van der Waals surface area contributed by atoms with E-state index in [9.17, 15) is 0 Å². The van der Waals surface area contributed by atoms with Gasteiger partial charge in [-0.15, -0.1) is 0 Å². The number of allylic oxidation sites excluding steroid dienone is 5. The SMILES string of the molecule is C=C/C=C(\C=C/C)C(C)C.CCC. The Morgan fingerprint density at radius 3 is 2.00 bits per heavy atom. The van der Waals surface area contributed by atoms with E-state index in [1.165, 1.54) is 12.0 Å². The van der Waals surface area contributed by atoms with Crippen LogP contribution in [0.3, 0.4) is 0 Å². The summed E-state index contributed by atoms with van der Waals surface area (Å²) in [5.74, 6) is 0.592. The lowest BCUT2D eigenvalue weighted by Gasteiger charge is -2.03. The van der Waals surface area contributed by atoms with E-state index >= 15 is 0 Å². The van der Waals surface area contributed by atoms with E-state index in [1.54, 1.807) is 0 Å². The summed E-state index contributed by atoms with van der Waals surface area (Å²) in [7, 11) is 0. The van der Waals surface area contributed by atoms with Crippen molar-refractivity contribution < 1.29 is 0 Å². The van der Waals surface area contributed by atoms with Crippen molar-refractivity contribution in [3.63, 3.8) is 0 Å². The second-order valence-corrected chi connectivity index (χ2v) is 3.26. The summed E-state index contributed by atoms with van der Waals surface area (Å²) in [6, 6.07) is 0. The third-order valence-corrected chi connectivity index (χ3v) is 1.34. The van der Waals surface area contributed by atoms with Crippen LogP contribution >= 0.6 is 0 Å². The van der Waals surface area contributed by atoms with Crippen LogP contribution in [0.2, 0.25) is 0 Å². The molecular weight excluding hydrogens is 156 g/mol. The second-order valence-electron chi connectivity index (χ2n) is 3.26. The van der Waals surface area contributed by atoms with Crippen molar-refractivity contribution in [1.29, 1.82) is 0 Å². The van der Waals surface area contributed by atoms with Crippen molar-refractivity contribution in [1.82, 2.24) is 0 Å². The molecule has 0 bridgehead atoms. The zero-order valence-electron chi connectivity index (χ0n) is 9.80. The average molecular weight is 180 g/mol. The Morgan fingerprint density at radius 2 is 1.77 bits per heavy atom. The van der Waals surface area contributed by atoms with Gasteiger partial charge in [0, 0.05) is 0 Å². The van der Waals surface area contributed by atoms with Gasteiger partial charge < -0.3 is 0 Å². The van der Waals surface area contributed by atoms with Gasteiger partial charge in [0.2, 0.25) is 0 Å². The Bertz CT molecular complexity index is 159. The molecule has 76 valence electrons. The first-order valence-electron chi connectivity index (χ1n) is 5.09. The van der Waals surface area contributed by atoms with E-state index in [2.05, 4.69) is 46.4 Å². The van der Waals surface area contributed by atoms with Crippen LogP contribution in [0.25, 0.3) is 0 Å². The van der Waals surface area contributed by atoms with E-state index in [4.69, 9.17) is 0 Å². The fraction of sp³-hybridized carbons (Fsp3) is 0.538. The van der Waals surface area contributed by atoms with Gasteiger partial charge in [0.05, 0.1) is 0 Å². The van der Waals surface area contributed by atoms with Crippen LogP contribution in [0.1, 0.15) is 41.0 Å². The molecule has 0 aliphatic rings. The van der Waals surface area contributed by atoms with Crippen LogP contribution < -0.4 is 0 Å². The van der Waals surface area contributed by atoms with Crippen LogP contribution in [0.4, 0.5) is 0 Å². The predicted molar refractivity (Wildman–Crippen MR) is 63.9 cm³/mol. The molecule has 0 aliphatic carbocycles. The molecule has 0 fully saturated rings. The summed E-state index contributed by atoms with van der Waals surface area (Å²) >= 11 is 0. The van der Waals surface area contributed by atoms with Gasteiger partial charge in [-0.05, 0) is 18.4 Å². The van der Waals surface area contributed by atoms with E-state index in [0.717, 1.165) is 0 Å². The van der Waals surface area contributed by atoms with Crippen LogP contribution in [-0.4, -0.2) is 0 Å². The Morgan fingerprint density at radius 1 is 1.31 bits per heavy atom. The van der Waals surface area contributed by atoms with Crippen molar-refractivity contribution in [2.75, 3.05) is 0 Å². The van der Waals surface area contributed by atoms with Crippen molar-refractivity contribution in [2.24, 2.45) is 5.92 Å². The van der Waals surface area contributed by atoms with E-state index < -0.39 is 0 Å². The van der Waals surface area contributed by atoms with Crippen LogP contribution in [0, 0.1) is 5.92 Å². The third kappa shape index (κ3) is 11.2. The van der Waals surface area contributed by atoms with Gasteiger partial charge >= 0.3 is 0 Å². The maximum absolute atomic E-state index is 3.65. The van der Waals surface area contributed by atoms with Gasteiger partial charge in [-0.25, -0.2) is 0 Å². The standard InChI is InChI=1S/C10H16.C3H8/c1-5-7-10(8-6-2)9(3)4;1-3-2/h5-9H,1H2,2-4H3;3H2,1-2H3/b8-6-,10-7+;. The fourth-order valence-corrected chi connectivity index (χ4v) is 0.769. The predicted octanol–water partition coefficient (Wildman–Crippen LogP) is 4.75. The highest BCUT2D eigenvalue weighted by molar-refractivity contribution is 5.24. The van der Waals surface area contributed by atoms with Crippen molar-refractivity contribution in [2.45, 2.75) is 41.0 Å². The number of rotatable bonds is 3. The third-order valence-electron chi connectivity index (χ3n) is 1.34. The molecule has 0 atom stereocenters. The summed E-state index contributed by atoms with van der Waals surface area (Å²) in [6.07, 6.45) is 9.29. The molecule has 0 saturated heterocycles. The minimum absolute atomic E-state index is 0.592. The van der Waals surface area contributed by atoms with Gasteiger partial charge in [0.25, 0.3) is 0 Å². The van der Waals surface area contributed by atoms with Crippen molar-refractivity contribution >= 4 is 0 Å². The molecule has 0 unspecified atom stereocenters. The average Bonchev–Trinajstić information content (AvgIpc) is 2.05. The summed E-state index contributed by atoms with van der Waals surface area (Å²) in [5, 5.41) is 0. The van der Waals surface area contributed by atoms with Gasteiger partial charge in [0.1, 0.15) is 0 Å². The Balaban J connectivity index is 0. The molecule has 0 aromatic carbocycles. The maximum Gasteiger partial charge on any atom is -0.0219 e. The highest BCUT2D eigenvalue weighted by Gasteiger charge is 1.94. The van der Waals surface area contributed by atoms with Crippen LogP contribution in [0.15, 0.2) is 36.5 Å². The monoisotopic (exact) mass is 180 g/mol. The lowest BCUT2D eigenvalue weighted by atomic mass is 10.0. The highest BCUT2D eigenvalue weighted by Crippen LogP contribution is 2.10. The van der Waals surface area contributed by atoms with E-state index in [-0.39, 0.29) is 0 Å². The molecular formula is C13H24. The second kappa shape index (κ2) is 11.2. The molecule has 0 aromatic rings. The van der Waals surface area contributed by atoms with E-state index in [0.29, 0.717) is 5.92 Å². The summed E-state index contributed by atoms with van der Waals surface area (Å²) in [4.78, 5) is 0. The molecule has 0 heterocycles. The first kappa shape index (κ1) is 14.7. The summed E-state index contributed by atoms with van der Waals surface area (Å²) in [6.45, 7) is 14.3. The summed E-state index contributed by atoms with van der Waals surface area (Å²) in [5.41, 5.74) is 1.33. The molecule has 0 radical (unpaired) electrons. The maximum atomic E-state index is 3.65. The zero-order chi connectivity index (χ0) is 10.7. The molecule has 0 rings (SSSR count). The van der Waals surface area contributed by atoms with Gasteiger partial charge in [-0.3, -0.25) is 0 Å². The molecule has 0 spiro atoms. The zero-order valence-corrected chi connectivity index (χ0v) is 9.80. The molecule has 13 heavy (non-hydrogen) atoms. The Hall–Kier alpha value is -0.780. The molecule has 0 aliphatic heterocycles. The smallest absolute Gasteiger partial charge is 0.0219 e. The largest absolute Gasteiger partial charge is 0.0991 e. The molecule has 0 aromatic heterocycles. The lowest BCUT2D eigenvalue weighted by Crippen LogP contribution is -1.88. The van der Waals surface area contributed by atoms with Crippen molar-refractivity contribution in [3.05, 3.63) is 36.5 Å². The molecule has 0 heteroatoms. The first-order valence-corrected chi connectivity index (χ1v) is 5.09. The Kier molecular flexibility index (Phi) is 12.7. The minimum Gasteiger partial charge on any atom is -0.0991 e.